The van der Waals surface area contributed by atoms with E-state index in [1.165, 1.54) is 17.6 Å². The van der Waals surface area contributed by atoms with Crippen molar-refractivity contribution in [2.45, 2.75) is 6.92 Å². The summed E-state index contributed by atoms with van der Waals surface area (Å²) in [6.07, 6.45) is 1.38. The lowest BCUT2D eigenvalue weighted by molar-refractivity contribution is 0.0959. The van der Waals surface area contributed by atoms with E-state index in [1.807, 2.05) is 12.3 Å². The first-order valence-electron chi connectivity index (χ1n) is 6.04. The van der Waals surface area contributed by atoms with Gasteiger partial charge in [-0.1, -0.05) is 12.1 Å². The van der Waals surface area contributed by atoms with Gasteiger partial charge in [0.25, 0.3) is 5.91 Å². The predicted molar refractivity (Wildman–Crippen MR) is 78.7 cm³/mol. The van der Waals surface area contributed by atoms with E-state index in [9.17, 15) is 9.90 Å². The number of aromatic hydroxyl groups is 1. The van der Waals surface area contributed by atoms with Crippen molar-refractivity contribution in [3.05, 3.63) is 46.2 Å². The Kier molecular flexibility index (Phi) is 4.73. The highest BCUT2D eigenvalue weighted by Crippen LogP contribution is 2.28. The van der Waals surface area contributed by atoms with Crippen LogP contribution in [0.25, 0.3) is 0 Å². The molecule has 0 aliphatic rings. The molecule has 0 unspecified atom stereocenters. The van der Waals surface area contributed by atoms with E-state index in [2.05, 4.69) is 10.5 Å². The smallest absolute Gasteiger partial charge is 0.281 e. The fraction of sp³-hybridized carbons (Fsp3) is 0.143. The van der Waals surface area contributed by atoms with Gasteiger partial charge in [-0.15, -0.1) is 11.3 Å². The lowest BCUT2D eigenvalue weighted by Gasteiger charge is -2.07. The summed E-state index contributed by atoms with van der Waals surface area (Å²) < 4.78 is 5.27. The second kappa shape index (κ2) is 6.72. The Hall–Kier alpha value is -2.34. The number of phenolic OH excluding ortho intramolecular Hbond substituents is 1. The van der Waals surface area contributed by atoms with Gasteiger partial charge in [-0.25, -0.2) is 5.43 Å². The van der Waals surface area contributed by atoms with Gasteiger partial charge in [0.1, 0.15) is 0 Å². The molecule has 0 aliphatic carbocycles. The number of hydrogen-bond acceptors (Lipinski definition) is 5. The Balaban J connectivity index is 2.04. The van der Waals surface area contributed by atoms with Crippen molar-refractivity contribution in [3.8, 4) is 11.5 Å². The van der Waals surface area contributed by atoms with Crippen LogP contribution in [0.4, 0.5) is 0 Å². The van der Waals surface area contributed by atoms with E-state index in [0.717, 1.165) is 0 Å². The molecule has 0 spiro atoms. The van der Waals surface area contributed by atoms with Gasteiger partial charge in [0.15, 0.2) is 11.5 Å². The summed E-state index contributed by atoms with van der Waals surface area (Å²) in [4.78, 5) is 12.2. The molecule has 104 valence electrons. The fourth-order valence-corrected chi connectivity index (χ4v) is 2.15. The first-order valence-corrected chi connectivity index (χ1v) is 6.92. The summed E-state index contributed by atoms with van der Waals surface area (Å²) in [5, 5.41) is 15.6. The number of ether oxygens (including phenoxy) is 1. The van der Waals surface area contributed by atoms with E-state index in [-0.39, 0.29) is 11.7 Å². The summed E-state index contributed by atoms with van der Waals surface area (Å²) >= 11 is 1.33. The lowest BCUT2D eigenvalue weighted by atomic mass is 10.2. The molecule has 0 radical (unpaired) electrons. The van der Waals surface area contributed by atoms with Gasteiger partial charge < -0.3 is 9.84 Å². The van der Waals surface area contributed by atoms with Crippen molar-refractivity contribution in [1.29, 1.82) is 0 Å². The van der Waals surface area contributed by atoms with Gasteiger partial charge in [0, 0.05) is 5.56 Å². The van der Waals surface area contributed by atoms with Gasteiger partial charge in [-0.05, 0) is 30.5 Å². The SMILES string of the molecule is CCOc1cccc(C=NNC(=O)c2cccs2)c1O. The zero-order valence-electron chi connectivity index (χ0n) is 10.9. The molecule has 2 aromatic rings. The Morgan fingerprint density at radius 3 is 3.00 bits per heavy atom. The molecule has 20 heavy (non-hydrogen) atoms. The maximum absolute atomic E-state index is 11.6. The number of nitrogens with one attached hydrogen (secondary N) is 1. The largest absolute Gasteiger partial charge is 0.504 e. The number of nitrogens with zero attached hydrogens (tertiary/aromatic N) is 1. The summed E-state index contributed by atoms with van der Waals surface area (Å²) in [5.74, 6) is 0.112. The number of rotatable bonds is 5. The van der Waals surface area contributed by atoms with Gasteiger partial charge >= 0.3 is 0 Å². The maximum Gasteiger partial charge on any atom is 0.281 e. The summed E-state index contributed by atoms with van der Waals surface area (Å²) in [5.41, 5.74) is 2.88. The van der Waals surface area contributed by atoms with Crippen LogP contribution in [0.3, 0.4) is 0 Å². The van der Waals surface area contributed by atoms with Gasteiger partial charge in [0.05, 0.1) is 17.7 Å². The van der Waals surface area contributed by atoms with E-state index >= 15 is 0 Å². The third kappa shape index (κ3) is 3.36. The van der Waals surface area contributed by atoms with Gasteiger partial charge in [-0.2, -0.15) is 5.10 Å². The molecular formula is C14H14N2O3S. The summed E-state index contributed by atoms with van der Waals surface area (Å²) in [7, 11) is 0. The van der Waals surface area contributed by atoms with Crippen LogP contribution in [0.15, 0.2) is 40.8 Å². The Labute approximate surface area is 120 Å². The minimum absolute atomic E-state index is 0.00322. The van der Waals surface area contributed by atoms with Crippen molar-refractivity contribution >= 4 is 23.5 Å². The molecular weight excluding hydrogens is 276 g/mol. The number of carbonyl (C=O) groups is 1. The molecule has 0 saturated heterocycles. The third-order valence-electron chi connectivity index (χ3n) is 2.44. The van der Waals surface area contributed by atoms with Crippen LogP contribution < -0.4 is 10.2 Å². The number of benzene rings is 1. The number of phenols is 1. The zero-order chi connectivity index (χ0) is 14.4. The number of para-hydroxylation sites is 1. The Bertz CT molecular complexity index is 609. The molecule has 1 amide bonds. The third-order valence-corrected chi connectivity index (χ3v) is 3.31. The van der Waals surface area contributed by atoms with Crippen molar-refractivity contribution in [1.82, 2.24) is 5.43 Å². The molecule has 1 aromatic heterocycles. The minimum atomic E-state index is -0.281. The standard InChI is InChI=1S/C14H14N2O3S/c1-2-19-11-6-3-5-10(13(11)17)9-15-16-14(18)12-7-4-8-20-12/h3-9,17H,2H2,1H3,(H,16,18). The first kappa shape index (κ1) is 14.1. The minimum Gasteiger partial charge on any atom is -0.504 e. The molecule has 0 atom stereocenters. The van der Waals surface area contributed by atoms with Crippen molar-refractivity contribution in [3.63, 3.8) is 0 Å². The normalized spacial score (nSPS) is 10.7. The fourth-order valence-electron chi connectivity index (χ4n) is 1.54. The lowest BCUT2D eigenvalue weighted by Crippen LogP contribution is -2.16. The maximum atomic E-state index is 11.6. The van der Waals surface area contributed by atoms with Gasteiger partial charge in [-0.3, -0.25) is 4.79 Å². The van der Waals surface area contributed by atoms with E-state index in [1.54, 1.807) is 30.3 Å². The van der Waals surface area contributed by atoms with Crippen LogP contribution in [0.2, 0.25) is 0 Å². The molecule has 0 saturated carbocycles. The number of hydrazone groups is 1. The van der Waals surface area contributed by atoms with Gasteiger partial charge in [0.2, 0.25) is 0 Å². The van der Waals surface area contributed by atoms with Crippen LogP contribution in [0.5, 0.6) is 11.5 Å². The first-order chi connectivity index (χ1) is 9.72. The molecule has 0 aliphatic heterocycles. The highest BCUT2D eigenvalue weighted by atomic mass is 32.1. The molecule has 6 heteroatoms. The number of carbonyl (C=O) groups excluding carboxylic acids is 1. The monoisotopic (exact) mass is 290 g/mol. The molecule has 0 bridgehead atoms. The quantitative estimate of drug-likeness (QED) is 0.657. The van der Waals surface area contributed by atoms with Crippen LogP contribution in [0.1, 0.15) is 22.2 Å². The molecule has 5 nitrogen and oxygen atoms in total. The molecule has 1 heterocycles. The Morgan fingerprint density at radius 1 is 1.45 bits per heavy atom. The predicted octanol–water partition coefficient (Wildman–Crippen LogP) is 2.62. The number of thiophene rings is 1. The molecule has 0 fully saturated rings. The highest BCUT2D eigenvalue weighted by Gasteiger charge is 2.07. The second-order valence-corrected chi connectivity index (χ2v) is 4.75. The second-order valence-electron chi connectivity index (χ2n) is 3.80. The summed E-state index contributed by atoms with van der Waals surface area (Å²) in [6, 6.07) is 8.59. The Morgan fingerprint density at radius 2 is 2.30 bits per heavy atom. The topological polar surface area (TPSA) is 70.9 Å². The van der Waals surface area contributed by atoms with E-state index in [4.69, 9.17) is 4.74 Å². The molecule has 2 rings (SSSR count). The number of amides is 1. The number of hydrogen-bond donors (Lipinski definition) is 2. The van der Waals surface area contributed by atoms with Crippen molar-refractivity contribution in [2.24, 2.45) is 5.10 Å². The van der Waals surface area contributed by atoms with Crippen LogP contribution in [-0.4, -0.2) is 23.8 Å². The van der Waals surface area contributed by atoms with Crippen LogP contribution in [-0.2, 0) is 0 Å². The molecule has 2 N–H and O–H groups in total. The van der Waals surface area contributed by atoms with E-state index < -0.39 is 0 Å². The van der Waals surface area contributed by atoms with Crippen molar-refractivity contribution in [2.75, 3.05) is 6.61 Å². The van der Waals surface area contributed by atoms with Crippen molar-refractivity contribution < 1.29 is 14.6 Å². The van der Waals surface area contributed by atoms with E-state index in [0.29, 0.717) is 22.8 Å². The summed E-state index contributed by atoms with van der Waals surface area (Å²) in [6.45, 7) is 2.30. The van der Waals surface area contributed by atoms with Crippen LogP contribution >= 0.6 is 11.3 Å². The average Bonchev–Trinajstić information content (AvgIpc) is 2.97. The van der Waals surface area contributed by atoms with Crippen LogP contribution in [0, 0.1) is 0 Å². The average molecular weight is 290 g/mol. The molecule has 1 aromatic carbocycles. The zero-order valence-corrected chi connectivity index (χ0v) is 11.7. The highest BCUT2D eigenvalue weighted by molar-refractivity contribution is 7.12.